The standard InChI is InChI=1S/C7H12O5/c1-4(8)5(6(9)11-2)7(10)12-3/h4-5,8H,1-3H3. The number of hydrogen-bond acceptors (Lipinski definition) is 5. The summed E-state index contributed by atoms with van der Waals surface area (Å²) in [4.78, 5) is 21.7. The van der Waals surface area contributed by atoms with Gasteiger partial charge in [0, 0.05) is 0 Å². The largest absolute Gasteiger partial charge is 0.468 e. The van der Waals surface area contributed by atoms with Crippen molar-refractivity contribution in [3.05, 3.63) is 0 Å². The molecule has 0 radical (unpaired) electrons. The number of rotatable bonds is 3. The number of methoxy groups -OCH3 is 2. The first-order chi connectivity index (χ1) is 5.54. The molecule has 70 valence electrons. The van der Waals surface area contributed by atoms with Crippen molar-refractivity contribution in [2.75, 3.05) is 14.2 Å². The second kappa shape index (κ2) is 4.71. The highest BCUT2D eigenvalue weighted by atomic mass is 16.5. The minimum absolute atomic E-state index is 0.795. The van der Waals surface area contributed by atoms with Crippen LogP contribution in [0.4, 0.5) is 0 Å². The molecule has 0 aliphatic heterocycles. The number of aliphatic hydroxyl groups excluding tert-OH is 1. The molecule has 0 aromatic rings. The summed E-state index contributed by atoms with van der Waals surface area (Å²) in [5, 5.41) is 9.01. The van der Waals surface area contributed by atoms with E-state index in [-0.39, 0.29) is 0 Å². The Bertz CT molecular complexity index is 159. The Labute approximate surface area is 70.3 Å². The molecule has 0 heterocycles. The van der Waals surface area contributed by atoms with E-state index in [0.29, 0.717) is 0 Å². The van der Waals surface area contributed by atoms with Gasteiger partial charge < -0.3 is 14.6 Å². The third-order valence-electron chi connectivity index (χ3n) is 1.39. The van der Waals surface area contributed by atoms with Gasteiger partial charge in [0.05, 0.1) is 20.3 Å². The molecule has 0 bridgehead atoms. The molecule has 0 aliphatic rings. The van der Waals surface area contributed by atoms with Crippen LogP contribution >= 0.6 is 0 Å². The summed E-state index contributed by atoms with van der Waals surface area (Å²) >= 11 is 0. The second-order valence-electron chi connectivity index (χ2n) is 2.26. The molecule has 0 spiro atoms. The van der Waals surface area contributed by atoms with E-state index in [1.165, 1.54) is 6.92 Å². The van der Waals surface area contributed by atoms with Gasteiger partial charge in [0.25, 0.3) is 0 Å². The van der Waals surface area contributed by atoms with Crippen molar-refractivity contribution in [3.8, 4) is 0 Å². The first kappa shape index (κ1) is 10.9. The number of aliphatic hydroxyl groups is 1. The summed E-state index contributed by atoms with van der Waals surface area (Å²) in [5.74, 6) is -2.84. The van der Waals surface area contributed by atoms with E-state index in [4.69, 9.17) is 5.11 Å². The summed E-state index contributed by atoms with van der Waals surface area (Å²) in [7, 11) is 2.28. The molecule has 0 aliphatic carbocycles. The van der Waals surface area contributed by atoms with E-state index in [9.17, 15) is 9.59 Å². The van der Waals surface area contributed by atoms with Gasteiger partial charge in [-0.25, -0.2) is 0 Å². The van der Waals surface area contributed by atoms with E-state index < -0.39 is 24.0 Å². The predicted octanol–water partition coefficient (Wildman–Crippen LogP) is -0.671. The normalized spacial score (nSPS) is 12.4. The van der Waals surface area contributed by atoms with Crippen molar-refractivity contribution in [1.29, 1.82) is 0 Å². The van der Waals surface area contributed by atoms with E-state index in [2.05, 4.69) is 9.47 Å². The van der Waals surface area contributed by atoms with Crippen LogP contribution in [0.15, 0.2) is 0 Å². The van der Waals surface area contributed by atoms with Crippen LogP contribution in [0.5, 0.6) is 0 Å². The van der Waals surface area contributed by atoms with E-state index in [1.807, 2.05) is 0 Å². The molecule has 1 atom stereocenters. The van der Waals surface area contributed by atoms with Crippen LogP contribution in [0.3, 0.4) is 0 Å². The van der Waals surface area contributed by atoms with Crippen LogP contribution in [0.2, 0.25) is 0 Å². The molecule has 0 saturated carbocycles. The monoisotopic (exact) mass is 176 g/mol. The average Bonchev–Trinajstić information content (AvgIpc) is 2.03. The zero-order valence-electron chi connectivity index (χ0n) is 7.23. The predicted molar refractivity (Wildman–Crippen MR) is 39.2 cm³/mol. The van der Waals surface area contributed by atoms with Crippen molar-refractivity contribution >= 4 is 11.9 Å². The fourth-order valence-corrected chi connectivity index (χ4v) is 0.744. The topological polar surface area (TPSA) is 72.8 Å². The third-order valence-corrected chi connectivity index (χ3v) is 1.39. The zero-order chi connectivity index (χ0) is 9.72. The molecule has 5 nitrogen and oxygen atoms in total. The van der Waals surface area contributed by atoms with E-state index in [0.717, 1.165) is 14.2 Å². The molecule has 0 aromatic heterocycles. The summed E-state index contributed by atoms with van der Waals surface area (Å²) in [6.45, 7) is 1.32. The quantitative estimate of drug-likeness (QED) is 0.456. The van der Waals surface area contributed by atoms with Crippen LogP contribution < -0.4 is 0 Å². The highest BCUT2D eigenvalue weighted by Crippen LogP contribution is 2.07. The lowest BCUT2D eigenvalue weighted by Crippen LogP contribution is -2.35. The molecule has 0 aromatic carbocycles. The lowest BCUT2D eigenvalue weighted by atomic mass is 10.1. The van der Waals surface area contributed by atoms with E-state index >= 15 is 0 Å². The fraction of sp³-hybridized carbons (Fsp3) is 0.714. The van der Waals surface area contributed by atoms with Crippen LogP contribution in [-0.2, 0) is 19.1 Å². The fourth-order valence-electron chi connectivity index (χ4n) is 0.744. The highest BCUT2D eigenvalue weighted by molar-refractivity contribution is 5.95. The van der Waals surface area contributed by atoms with Crippen molar-refractivity contribution < 1.29 is 24.2 Å². The van der Waals surface area contributed by atoms with Gasteiger partial charge in [-0.05, 0) is 6.92 Å². The Hall–Kier alpha value is -1.10. The Morgan fingerprint density at radius 2 is 1.50 bits per heavy atom. The second-order valence-corrected chi connectivity index (χ2v) is 2.26. The van der Waals surface area contributed by atoms with E-state index in [1.54, 1.807) is 0 Å². The minimum atomic E-state index is -1.25. The molecular formula is C7H12O5. The van der Waals surface area contributed by atoms with Crippen LogP contribution in [-0.4, -0.2) is 37.4 Å². The Morgan fingerprint density at radius 3 is 1.67 bits per heavy atom. The number of carbonyl (C=O) groups excluding carboxylic acids is 2. The lowest BCUT2D eigenvalue weighted by Gasteiger charge is -2.14. The van der Waals surface area contributed by atoms with Gasteiger partial charge in [0.2, 0.25) is 0 Å². The van der Waals surface area contributed by atoms with Gasteiger partial charge in [-0.3, -0.25) is 9.59 Å². The SMILES string of the molecule is COC(=O)C(C(=O)OC)C(C)O. The minimum Gasteiger partial charge on any atom is -0.468 e. The Morgan fingerprint density at radius 1 is 1.17 bits per heavy atom. The number of hydrogen-bond donors (Lipinski definition) is 1. The first-order valence-corrected chi connectivity index (χ1v) is 3.38. The summed E-state index contributed by atoms with van der Waals surface area (Å²) in [6.07, 6.45) is -1.11. The van der Waals surface area contributed by atoms with Gasteiger partial charge in [0.15, 0.2) is 5.92 Å². The summed E-state index contributed by atoms with van der Waals surface area (Å²) in [5.41, 5.74) is 0. The first-order valence-electron chi connectivity index (χ1n) is 3.38. The summed E-state index contributed by atoms with van der Waals surface area (Å²) < 4.78 is 8.59. The molecule has 1 unspecified atom stereocenters. The van der Waals surface area contributed by atoms with Gasteiger partial charge >= 0.3 is 11.9 Å². The molecule has 12 heavy (non-hydrogen) atoms. The number of esters is 2. The van der Waals surface area contributed by atoms with Crippen molar-refractivity contribution in [2.24, 2.45) is 5.92 Å². The molecular weight excluding hydrogens is 164 g/mol. The molecule has 0 fully saturated rings. The number of carbonyl (C=O) groups is 2. The maximum Gasteiger partial charge on any atom is 0.322 e. The molecule has 1 N–H and O–H groups in total. The lowest BCUT2D eigenvalue weighted by molar-refractivity contribution is -0.163. The Kier molecular flexibility index (Phi) is 4.28. The number of ether oxygens (including phenoxy) is 2. The van der Waals surface area contributed by atoms with Crippen LogP contribution in [0.25, 0.3) is 0 Å². The Balaban J connectivity index is 4.43. The van der Waals surface area contributed by atoms with Crippen molar-refractivity contribution in [2.45, 2.75) is 13.0 Å². The average molecular weight is 176 g/mol. The van der Waals surface area contributed by atoms with Gasteiger partial charge in [-0.15, -0.1) is 0 Å². The maximum atomic E-state index is 10.9. The van der Waals surface area contributed by atoms with Crippen LogP contribution in [0, 0.1) is 5.92 Å². The van der Waals surface area contributed by atoms with Crippen LogP contribution in [0.1, 0.15) is 6.92 Å². The maximum absolute atomic E-state index is 10.9. The van der Waals surface area contributed by atoms with Crippen molar-refractivity contribution in [1.82, 2.24) is 0 Å². The zero-order valence-corrected chi connectivity index (χ0v) is 7.23. The van der Waals surface area contributed by atoms with Gasteiger partial charge in [-0.2, -0.15) is 0 Å². The smallest absolute Gasteiger partial charge is 0.322 e. The summed E-state index contributed by atoms with van der Waals surface area (Å²) in [6, 6.07) is 0. The molecule has 0 rings (SSSR count). The molecule has 0 amide bonds. The van der Waals surface area contributed by atoms with Gasteiger partial charge in [-0.1, -0.05) is 0 Å². The molecule has 0 saturated heterocycles. The third kappa shape index (κ3) is 2.50. The molecule has 5 heteroatoms. The highest BCUT2D eigenvalue weighted by Gasteiger charge is 2.33. The van der Waals surface area contributed by atoms with Gasteiger partial charge in [0.1, 0.15) is 0 Å². The van der Waals surface area contributed by atoms with Crippen molar-refractivity contribution in [3.63, 3.8) is 0 Å².